The van der Waals surface area contributed by atoms with Crippen molar-refractivity contribution in [2.45, 2.75) is 39.5 Å². The lowest BCUT2D eigenvalue weighted by Crippen LogP contribution is -2.27. The number of carbonyl (C=O) groups is 1. The molecule has 0 unspecified atom stereocenters. The molecular weight excluding hydrogens is 164 g/mol. The zero-order valence-corrected chi connectivity index (χ0v) is 8.81. The molecule has 0 fully saturated rings. The Morgan fingerprint density at radius 2 is 1.54 bits per heavy atom. The van der Waals surface area contributed by atoms with Crippen molar-refractivity contribution in [1.29, 1.82) is 0 Å². The van der Waals surface area contributed by atoms with Gasteiger partial charge in [0.2, 0.25) is 0 Å². The van der Waals surface area contributed by atoms with Crippen LogP contribution in [0.3, 0.4) is 0 Å². The average Bonchev–Trinajstić information content (AvgIpc) is 2.11. The summed E-state index contributed by atoms with van der Waals surface area (Å²) in [4.78, 5) is 11.4. The normalized spacial score (nSPS) is 11.7. The largest absolute Gasteiger partial charge is 0.330 e. The van der Waals surface area contributed by atoms with Crippen LogP contribution in [0, 0.1) is 5.41 Å². The maximum Gasteiger partial charge on any atom is 0.135 e. The second-order valence-electron chi connectivity index (χ2n) is 3.90. The third-order valence-electron chi connectivity index (χ3n) is 2.72. The molecule has 0 aliphatic rings. The van der Waals surface area contributed by atoms with Gasteiger partial charge < -0.3 is 11.5 Å². The summed E-state index contributed by atoms with van der Waals surface area (Å²) >= 11 is 0. The van der Waals surface area contributed by atoms with Crippen LogP contribution in [0.2, 0.25) is 0 Å². The Balaban J connectivity index is 4.08. The Labute approximate surface area is 80.9 Å². The molecule has 0 spiro atoms. The van der Waals surface area contributed by atoms with Crippen LogP contribution in [0.25, 0.3) is 0 Å². The van der Waals surface area contributed by atoms with E-state index in [0.717, 1.165) is 25.7 Å². The summed E-state index contributed by atoms with van der Waals surface area (Å²) in [5.74, 6) is 0.259. The lowest BCUT2D eigenvalue weighted by atomic mass is 9.78. The van der Waals surface area contributed by atoms with Crippen LogP contribution in [0.5, 0.6) is 0 Å². The number of hydrogen-bond acceptors (Lipinski definition) is 3. The van der Waals surface area contributed by atoms with E-state index in [2.05, 4.69) is 0 Å². The summed E-state index contributed by atoms with van der Waals surface area (Å²) in [6, 6.07) is 0. The highest BCUT2D eigenvalue weighted by atomic mass is 16.1. The van der Waals surface area contributed by atoms with Crippen LogP contribution in [0.1, 0.15) is 39.5 Å². The molecule has 3 nitrogen and oxygen atoms in total. The highest BCUT2D eigenvalue weighted by molar-refractivity contribution is 5.81. The summed E-state index contributed by atoms with van der Waals surface area (Å²) in [5, 5.41) is 0. The first kappa shape index (κ1) is 12.6. The zero-order chi connectivity index (χ0) is 10.3. The highest BCUT2D eigenvalue weighted by Gasteiger charge is 2.27. The van der Waals surface area contributed by atoms with Gasteiger partial charge in [-0.1, -0.05) is 6.92 Å². The molecule has 0 bridgehead atoms. The number of carbonyl (C=O) groups excluding carboxylic acids is 1. The SMILES string of the molecule is CC(=O)C(C)(CCCN)CCCN. The molecule has 0 amide bonds. The Kier molecular flexibility index (Phi) is 5.91. The fraction of sp³-hybridized carbons (Fsp3) is 0.900. The number of hydrogen-bond donors (Lipinski definition) is 2. The molecule has 78 valence electrons. The maximum atomic E-state index is 11.4. The first-order valence-corrected chi connectivity index (χ1v) is 4.98. The molecule has 4 N–H and O–H groups in total. The van der Waals surface area contributed by atoms with Gasteiger partial charge in [0.1, 0.15) is 5.78 Å². The second kappa shape index (κ2) is 6.11. The highest BCUT2D eigenvalue weighted by Crippen LogP contribution is 2.29. The van der Waals surface area contributed by atoms with Crippen LogP contribution in [-0.4, -0.2) is 18.9 Å². The third-order valence-corrected chi connectivity index (χ3v) is 2.72. The van der Waals surface area contributed by atoms with Crippen LogP contribution in [0.15, 0.2) is 0 Å². The van der Waals surface area contributed by atoms with E-state index >= 15 is 0 Å². The molecule has 0 rings (SSSR count). The van der Waals surface area contributed by atoms with Crippen molar-refractivity contribution in [3.63, 3.8) is 0 Å². The Bertz CT molecular complexity index is 149. The molecule has 0 aromatic rings. The van der Waals surface area contributed by atoms with E-state index in [1.807, 2.05) is 6.92 Å². The van der Waals surface area contributed by atoms with Gasteiger partial charge in [0, 0.05) is 5.41 Å². The zero-order valence-electron chi connectivity index (χ0n) is 8.81. The quantitative estimate of drug-likeness (QED) is 0.624. The van der Waals surface area contributed by atoms with E-state index in [9.17, 15) is 4.79 Å². The van der Waals surface area contributed by atoms with Crippen molar-refractivity contribution in [3.8, 4) is 0 Å². The summed E-state index contributed by atoms with van der Waals surface area (Å²) < 4.78 is 0. The van der Waals surface area contributed by atoms with Gasteiger partial charge in [0.05, 0.1) is 0 Å². The molecule has 0 aromatic carbocycles. The minimum absolute atomic E-state index is 0.196. The lowest BCUT2D eigenvalue weighted by Gasteiger charge is -2.26. The van der Waals surface area contributed by atoms with Gasteiger partial charge in [0.15, 0.2) is 0 Å². The first-order valence-electron chi connectivity index (χ1n) is 4.98. The summed E-state index contributed by atoms with van der Waals surface area (Å²) in [7, 11) is 0. The smallest absolute Gasteiger partial charge is 0.135 e. The van der Waals surface area contributed by atoms with Crippen molar-refractivity contribution in [1.82, 2.24) is 0 Å². The predicted molar refractivity (Wildman–Crippen MR) is 55.4 cm³/mol. The minimum Gasteiger partial charge on any atom is -0.330 e. The van der Waals surface area contributed by atoms with E-state index < -0.39 is 0 Å². The number of Topliss-reactive ketones (excluding diaryl/α,β-unsaturated/α-hetero) is 1. The van der Waals surface area contributed by atoms with Crippen molar-refractivity contribution in [2.75, 3.05) is 13.1 Å². The van der Waals surface area contributed by atoms with E-state index in [1.165, 1.54) is 0 Å². The molecule has 0 radical (unpaired) electrons. The molecule has 0 aromatic heterocycles. The van der Waals surface area contributed by atoms with Crippen molar-refractivity contribution in [2.24, 2.45) is 16.9 Å². The van der Waals surface area contributed by atoms with Crippen LogP contribution >= 0.6 is 0 Å². The second-order valence-corrected chi connectivity index (χ2v) is 3.90. The number of rotatable bonds is 7. The van der Waals surface area contributed by atoms with Gasteiger partial charge in [-0.05, 0) is 45.7 Å². The predicted octanol–water partition coefficient (Wildman–Crippen LogP) is 1.06. The Hall–Kier alpha value is -0.410. The maximum absolute atomic E-state index is 11.4. The molecule has 3 heteroatoms. The molecule has 0 aliphatic carbocycles. The van der Waals surface area contributed by atoms with E-state index in [-0.39, 0.29) is 11.2 Å². The molecule has 0 saturated carbocycles. The van der Waals surface area contributed by atoms with Gasteiger partial charge in [-0.3, -0.25) is 4.79 Å². The van der Waals surface area contributed by atoms with Crippen LogP contribution in [0.4, 0.5) is 0 Å². The monoisotopic (exact) mass is 186 g/mol. The summed E-state index contributed by atoms with van der Waals surface area (Å²) in [5.41, 5.74) is 10.7. The average molecular weight is 186 g/mol. The topological polar surface area (TPSA) is 69.1 Å². The lowest BCUT2D eigenvalue weighted by molar-refractivity contribution is -0.126. The van der Waals surface area contributed by atoms with Crippen molar-refractivity contribution >= 4 is 5.78 Å². The fourth-order valence-electron chi connectivity index (χ4n) is 1.46. The standard InChI is InChI=1S/C10H22N2O/c1-9(13)10(2,5-3-7-11)6-4-8-12/h3-8,11-12H2,1-2H3. The molecular formula is C10H22N2O. The summed E-state index contributed by atoms with van der Waals surface area (Å²) in [6.07, 6.45) is 3.61. The van der Waals surface area contributed by atoms with Crippen molar-refractivity contribution in [3.05, 3.63) is 0 Å². The summed E-state index contributed by atoms with van der Waals surface area (Å²) in [6.45, 7) is 4.99. The van der Waals surface area contributed by atoms with Crippen LogP contribution in [-0.2, 0) is 4.79 Å². The van der Waals surface area contributed by atoms with E-state index in [1.54, 1.807) is 6.92 Å². The first-order chi connectivity index (χ1) is 6.06. The Morgan fingerprint density at radius 3 is 1.77 bits per heavy atom. The van der Waals surface area contributed by atoms with Gasteiger partial charge in [-0.15, -0.1) is 0 Å². The van der Waals surface area contributed by atoms with E-state index in [4.69, 9.17) is 11.5 Å². The van der Waals surface area contributed by atoms with Gasteiger partial charge >= 0.3 is 0 Å². The van der Waals surface area contributed by atoms with E-state index in [0.29, 0.717) is 13.1 Å². The molecule has 0 heterocycles. The minimum atomic E-state index is -0.196. The molecule has 13 heavy (non-hydrogen) atoms. The van der Waals surface area contributed by atoms with Crippen molar-refractivity contribution < 1.29 is 4.79 Å². The third kappa shape index (κ3) is 4.39. The van der Waals surface area contributed by atoms with Gasteiger partial charge in [-0.25, -0.2) is 0 Å². The van der Waals surface area contributed by atoms with Gasteiger partial charge in [0.25, 0.3) is 0 Å². The number of ketones is 1. The van der Waals surface area contributed by atoms with Gasteiger partial charge in [-0.2, -0.15) is 0 Å². The Morgan fingerprint density at radius 1 is 1.15 bits per heavy atom. The molecule has 0 atom stereocenters. The molecule has 0 saturated heterocycles. The van der Waals surface area contributed by atoms with Crippen LogP contribution < -0.4 is 11.5 Å². The fourth-order valence-corrected chi connectivity index (χ4v) is 1.46. The number of nitrogens with two attached hydrogens (primary N) is 2. The molecule has 0 aliphatic heterocycles.